The van der Waals surface area contributed by atoms with Crippen LogP contribution < -0.4 is 16.0 Å². The van der Waals surface area contributed by atoms with Crippen LogP contribution in [-0.2, 0) is 17.6 Å². The molecule has 1 aliphatic carbocycles. The zero-order chi connectivity index (χ0) is 23.8. The molecule has 8 heteroatoms. The lowest BCUT2D eigenvalue weighted by Crippen LogP contribution is -2.46. The van der Waals surface area contributed by atoms with Crippen LogP contribution in [0.3, 0.4) is 0 Å². The van der Waals surface area contributed by atoms with Crippen LogP contribution in [0.5, 0.6) is 0 Å². The van der Waals surface area contributed by atoms with Gasteiger partial charge in [-0.2, -0.15) is 0 Å². The van der Waals surface area contributed by atoms with E-state index < -0.39 is 12.2 Å². The Morgan fingerprint density at radius 1 is 1.27 bits per heavy atom. The zero-order valence-electron chi connectivity index (χ0n) is 19.9. The number of aryl methyl sites for hydroxylation is 1. The molecule has 0 spiro atoms. The summed E-state index contributed by atoms with van der Waals surface area (Å²) in [5, 5.41) is 2.88. The van der Waals surface area contributed by atoms with Crippen molar-refractivity contribution >= 4 is 17.9 Å². The molecular weight excluding hydrogens is 418 g/mol. The van der Waals surface area contributed by atoms with E-state index in [4.69, 9.17) is 20.4 Å². The predicted octanol–water partition coefficient (Wildman–Crippen LogP) is 3.47. The maximum atomic E-state index is 12.9. The van der Waals surface area contributed by atoms with Crippen molar-refractivity contribution in [3.05, 3.63) is 41.1 Å². The number of anilines is 1. The number of amides is 2. The van der Waals surface area contributed by atoms with E-state index in [2.05, 4.69) is 17.1 Å². The van der Waals surface area contributed by atoms with Crippen molar-refractivity contribution in [2.75, 3.05) is 18.0 Å². The van der Waals surface area contributed by atoms with Gasteiger partial charge in [0.15, 0.2) is 0 Å². The van der Waals surface area contributed by atoms with Crippen LogP contribution in [0.4, 0.5) is 10.7 Å². The molecule has 3 N–H and O–H groups in total. The third kappa shape index (κ3) is 4.94. The fraction of sp³-hybridized carbons (Fsp3) is 0.520. The molecule has 1 aromatic carbocycles. The van der Waals surface area contributed by atoms with E-state index in [9.17, 15) is 9.59 Å². The smallest absolute Gasteiger partial charge is 0.404 e. The first-order chi connectivity index (χ1) is 15.6. The predicted molar refractivity (Wildman–Crippen MR) is 127 cm³/mol. The normalized spacial score (nSPS) is 18.3. The third-order valence-corrected chi connectivity index (χ3v) is 6.57. The number of carbonyl (C=O) groups excluding carboxylic acids is 2. The van der Waals surface area contributed by atoms with Gasteiger partial charge in [0.1, 0.15) is 6.10 Å². The first-order valence-electron chi connectivity index (χ1n) is 11.6. The monoisotopic (exact) mass is 451 g/mol. The number of ether oxygens (including phenoxy) is 1. The van der Waals surface area contributed by atoms with Gasteiger partial charge in [0.25, 0.3) is 5.91 Å². The van der Waals surface area contributed by atoms with Crippen LogP contribution in [-0.4, -0.2) is 47.2 Å². The van der Waals surface area contributed by atoms with Gasteiger partial charge in [-0.15, -0.1) is 0 Å². The van der Waals surface area contributed by atoms with Gasteiger partial charge in [0.2, 0.25) is 5.95 Å². The fourth-order valence-corrected chi connectivity index (χ4v) is 4.36. The Morgan fingerprint density at radius 2 is 2.06 bits per heavy atom. The average molecular weight is 452 g/mol. The molecular formula is C25H33N5O3. The summed E-state index contributed by atoms with van der Waals surface area (Å²) >= 11 is 0. The van der Waals surface area contributed by atoms with Crippen molar-refractivity contribution in [3.8, 4) is 11.3 Å². The van der Waals surface area contributed by atoms with E-state index in [-0.39, 0.29) is 17.9 Å². The van der Waals surface area contributed by atoms with Crippen LogP contribution in [0.2, 0.25) is 0 Å². The molecule has 2 unspecified atom stereocenters. The summed E-state index contributed by atoms with van der Waals surface area (Å²) in [6.07, 6.45) is 2.76. The van der Waals surface area contributed by atoms with Crippen LogP contribution in [0.1, 0.15) is 62.2 Å². The van der Waals surface area contributed by atoms with Gasteiger partial charge in [0.05, 0.1) is 12.2 Å². The largest absolute Gasteiger partial charge is 0.444 e. The van der Waals surface area contributed by atoms with Crippen molar-refractivity contribution in [2.45, 2.75) is 65.5 Å². The van der Waals surface area contributed by atoms with E-state index in [0.29, 0.717) is 11.6 Å². The lowest BCUT2D eigenvalue weighted by Gasteiger charge is -2.39. The summed E-state index contributed by atoms with van der Waals surface area (Å²) in [6, 6.07) is 7.98. The Balaban J connectivity index is 1.57. The number of nitrogens with one attached hydrogen (secondary N) is 1. The minimum Gasteiger partial charge on any atom is -0.444 e. The van der Waals surface area contributed by atoms with E-state index in [1.54, 1.807) is 6.07 Å². The van der Waals surface area contributed by atoms with Gasteiger partial charge in [-0.25, -0.2) is 14.8 Å². The summed E-state index contributed by atoms with van der Waals surface area (Å²) in [6.45, 7) is 9.13. The Morgan fingerprint density at radius 3 is 2.70 bits per heavy atom. The molecule has 2 amide bonds. The Hall–Kier alpha value is -3.16. The molecule has 2 atom stereocenters. The number of primary amides is 1. The summed E-state index contributed by atoms with van der Waals surface area (Å²) in [5.41, 5.74) is 9.52. The highest BCUT2D eigenvalue weighted by atomic mass is 16.6. The molecule has 2 aromatic rings. The van der Waals surface area contributed by atoms with Crippen molar-refractivity contribution < 1.29 is 14.3 Å². The molecule has 2 aliphatic rings. The van der Waals surface area contributed by atoms with Crippen molar-refractivity contribution in [1.82, 2.24) is 15.3 Å². The second-order valence-corrected chi connectivity index (χ2v) is 10.1. The van der Waals surface area contributed by atoms with Gasteiger partial charge in [-0.1, -0.05) is 32.9 Å². The standard InChI is InChI=1S/C25H33N5O3/c1-15-11-12-30(15)24-28-19-10-6-9-18(19)21(29-24)16-7-5-8-17(13-16)22(31)27-14-20(25(2,3)4)33-23(26)32/h5,7-8,13,15,20H,6,9-12,14H2,1-4H3,(H2,26,32)(H,27,31). The number of nitrogens with zero attached hydrogens (tertiary/aromatic N) is 3. The maximum absolute atomic E-state index is 12.9. The van der Waals surface area contributed by atoms with Crippen LogP contribution >= 0.6 is 0 Å². The fourth-order valence-electron chi connectivity index (χ4n) is 4.36. The topological polar surface area (TPSA) is 110 Å². The quantitative estimate of drug-likeness (QED) is 0.696. The van der Waals surface area contributed by atoms with Gasteiger partial charge in [-0.05, 0) is 44.7 Å². The SMILES string of the molecule is CC1CCN1c1nc2c(c(-c3cccc(C(=O)NCC(OC(N)=O)C(C)(C)C)c3)n1)CCC2. The second-order valence-electron chi connectivity index (χ2n) is 10.1. The highest BCUT2D eigenvalue weighted by Gasteiger charge is 2.30. The lowest BCUT2D eigenvalue weighted by atomic mass is 9.89. The number of aromatic nitrogens is 2. The molecule has 4 rings (SSSR count). The number of rotatable bonds is 6. The van der Waals surface area contributed by atoms with Crippen LogP contribution in [0.25, 0.3) is 11.3 Å². The number of carbonyl (C=O) groups is 2. The molecule has 1 saturated heterocycles. The molecule has 0 radical (unpaired) electrons. The number of hydrogen-bond acceptors (Lipinski definition) is 6. The summed E-state index contributed by atoms with van der Waals surface area (Å²) in [5.74, 6) is 0.553. The molecule has 2 heterocycles. The number of benzene rings is 1. The molecule has 0 saturated carbocycles. The minimum atomic E-state index is -0.851. The molecule has 33 heavy (non-hydrogen) atoms. The third-order valence-electron chi connectivity index (χ3n) is 6.57. The van der Waals surface area contributed by atoms with E-state index in [1.807, 2.05) is 39.0 Å². The van der Waals surface area contributed by atoms with Gasteiger partial charge in [-0.3, -0.25) is 4.79 Å². The lowest BCUT2D eigenvalue weighted by molar-refractivity contribution is 0.0362. The number of nitrogens with two attached hydrogens (primary N) is 1. The van der Waals surface area contributed by atoms with Gasteiger partial charge < -0.3 is 20.7 Å². The van der Waals surface area contributed by atoms with Gasteiger partial charge >= 0.3 is 6.09 Å². The summed E-state index contributed by atoms with van der Waals surface area (Å²) in [7, 11) is 0. The molecule has 0 bridgehead atoms. The van der Waals surface area contributed by atoms with Gasteiger partial charge in [0, 0.05) is 40.4 Å². The maximum Gasteiger partial charge on any atom is 0.404 e. The Kier molecular flexibility index (Phi) is 6.28. The summed E-state index contributed by atoms with van der Waals surface area (Å²) in [4.78, 5) is 36.2. The molecule has 176 valence electrons. The number of hydrogen-bond donors (Lipinski definition) is 2. The van der Waals surface area contributed by atoms with E-state index >= 15 is 0 Å². The first kappa shape index (κ1) is 23.0. The summed E-state index contributed by atoms with van der Waals surface area (Å²) < 4.78 is 5.21. The highest BCUT2D eigenvalue weighted by Crippen LogP contribution is 2.34. The van der Waals surface area contributed by atoms with E-state index in [1.165, 1.54) is 5.56 Å². The number of fused-ring (bicyclic) bond motifs is 1. The molecule has 1 aliphatic heterocycles. The van der Waals surface area contributed by atoms with Crippen LogP contribution in [0, 0.1) is 5.41 Å². The second kappa shape index (κ2) is 9.00. The van der Waals surface area contributed by atoms with Crippen molar-refractivity contribution in [2.24, 2.45) is 11.1 Å². The molecule has 8 nitrogen and oxygen atoms in total. The minimum absolute atomic E-state index is 0.176. The van der Waals surface area contributed by atoms with Crippen LogP contribution in [0.15, 0.2) is 24.3 Å². The Labute approximate surface area is 194 Å². The average Bonchev–Trinajstić information content (AvgIpc) is 3.22. The zero-order valence-corrected chi connectivity index (χ0v) is 19.9. The van der Waals surface area contributed by atoms with Crippen molar-refractivity contribution in [3.63, 3.8) is 0 Å². The van der Waals surface area contributed by atoms with E-state index in [0.717, 1.165) is 55.1 Å². The Bertz CT molecular complexity index is 1060. The molecule has 1 aromatic heterocycles. The van der Waals surface area contributed by atoms with Crippen molar-refractivity contribution in [1.29, 1.82) is 0 Å². The first-order valence-corrected chi connectivity index (χ1v) is 11.6. The molecule has 1 fully saturated rings. The highest BCUT2D eigenvalue weighted by molar-refractivity contribution is 5.95.